The fourth-order valence-corrected chi connectivity index (χ4v) is 2.37. The molecule has 0 aliphatic rings. The molecule has 3 rings (SSSR count). The molecule has 0 saturated carbocycles. The molecular formula is C19H16N4O2. The average molecular weight is 332 g/mol. The molecule has 0 radical (unpaired) electrons. The van der Waals surface area contributed by atoms with Crippen LogP contribution < -0.4 is 11.1 Å². The molecule has 2 aromatic carbocycles. The summed E-state index contributed by atoms with van der Waals surface area (Å²) in [7, 11) is 0. The number of carbonyl (C=O) groups excluding carboxylic acids is 2. The van der Waals surface area contributed by atoms with Crippen molar-refractivity contribution < 1.29 is 9.59 Å². The number of amides is 3. The quantitative estimate of drug-likeness (QED) is 0.720. The number of hydrogen-bond acceptors (Lipinski definition) is 3. The number of nitrogens with zero attached hydrogens (tertiary/aromatic N) is 2. The van der Waals surface area contributed by atoms with Gasteiger partial charge in [0.05, 0.1) is 11.4 Å². The number of rotatable bonds is 4. The van der Waals surface area contributed by atoms with Gasteiger partial charge in [0.1, 0.15) is 0 Å². The average Bonchev–Trinajstić information content (AvgIpc) is 3.05. The SMILES string of the molecule is NC(=O)NC(=O)/C=C/c1cn(-c2ccccc2)nc1-c1ccccc1. The fraction of sp³-hybridized carbons (Fsp3) is 0. The first-order valence-corrected chi connectivity index (χ1v) is 7.62. The molecule has 3 aromatic rings. The summed E-state index contributed by atoms with van der Waals surface area (Å²) >= 11 is 0. The summed E-state index contributed by atoms with van der Waals surface area (Å²) in [6.45, 7) is 0. The lowest BCUT2D eigenvalue weighted by molar-refractivity contribution is -0.115. The zero-order valence-corrected chi connectivity index (χ0v) is 13.3. The molecule has 0 bridgehead atoms. The molecule has 0 aliphatic carbocycles. The van der Waals surface area contributed by atoms with Crippen molar-refractivity contribution in [2.24, 2.45) is 5.73 Å². The Balaban J connectivity index is 2.00. The van der Waals surface area contributed by atoms with Crippen molar-refractivity contribution in [3.05, 3.63) is 78.5 Å². The topological polar surface area (TPSA) is 90.0 Å². The third-order valence-corrected chi connectivity index (χ3v) is 3.47. The lowest BCUT2D eigenvalue weighted by atomic mass is 10.1. The van der Waals surface area contributed by atoms with Gasteiger partial charge in [-0.1, -0.05) is 48.5 Å². The van der Waals surface area contributed by atoms with Gasteiger partial charge >= 0.3 is 6.03 Å². The van der Waals surface area contributed by atoms with Gasteiger partial charge in [-0.15, -0.1) is 0 Å². The molecule has 6 heteroatoms. The number of hydrogen-bond donors (Lipinski definition) is 2. The van der Waals surface area contributed by atoms with Gasteiger partial charge in [0, 0.05) is 23.4 Å². The van der Waals surface area contributed by atoms with Crippen molar-refractivity contribution in [2.45, 2.75) is 0 Å². The van der Waals surface area contributed by atoms with E-state index >= 15 is 0 Å². The highest BCUT2D eigenvalue weighted by Crippen LogP contribution is 2.24. The summed E-state index contributed by atoms with van der Waals surface area (Å²) in [5, 5.41) is 6.63. The normalized spacial score (nSPS) is 10.7. The van der Waals surface area contributed by atoms with Crippen LogP contribution >= 0.6 is 0 Å². The number of nitrogens with two attached hydrogens (primary N) is 1. The van der Waals surface area contributed by atoms with E-state index in [0.717, 1.165) is 22.5 Å². The van der Waals surface area contributed by atoms with E-state index in [1.807, 2.05) is 72.2 Å². The van der Waals surface area contributed by atoms with E-state index in [4.69, 9.17) is 5.73 Å². The molecule has 6 nitrogen and oxygen atoms in total. The number of urea groups is 1. The number of nitrogens with one attached hydrogen (secondary N) is 1. The Morgan fingerprint density at radius 1 is 1.00 bits per heavy atom. The predicted molar refractivity (Wildman–Crippen MR) is 95.8 cm³/mol. The highest BCUT2D eigenvalue weighted by atomic mass is 16.2. The van der Waals surface area contributed by atoms with Gasteiger partial charge in [-0.25, -0.2) is 9.48 Å². The van der Waals surface area contributed by atoms with Crippen LogP contribution in [0.4, 0.5) is 4.79 Å². The van der Waals surface area contributed by atoms with Gasteiger partial charge in [-0.3, -0.25) is 10.1 Å². The second-order valence-corrected chi connectivity index (χ2v) is 5.27. The minimum atomic E-state index is -0.891. The van der Waals surface area contributed by atoms with Gasteiger partial charge < -0.3 is 5.73 Å². The van der Waals surface area contributed by atoms with Crippen LogP contribution in [0.15, 0.2) is 72.9 Å². The second kappa shape index (κ2) is 7.27. The van der Waals surface area contributed by atoms with E-state index < -0.39 is 11.9 Å². The van der Waals surface area contributed by atoms with Gasteiger partial charge in [0.2, 0.25) is 0 Å². The van der Waals surface area contributed by atoms with Crippen molar-refractivity contribution in [2.75, 3.05) is 0 Å². The molecule has 0 unspecified atom stereocenters. The molecule has 1 heterocycles. The van der Waals surface area contributed by atoms with Crippen LogP contribution in [-0.4, -0.2) is 21.7 Å². The van der Waals surface area contributed by atoms with E-state index in [1.165, 1.54) is 6.08 Å². The first kappa shape index (κ1) is 16.2. The summed E-state index contributed by atoms with van der Waals surface area (Å²) < 4.78 is 1.74. The van der Waals surface area contributed by atoms with E-state index in [-0.39, 0.29) is 0 Å². The molecule has 3 amide bonds. The van der Waals surface area contributed by atoms with E-state index in [2.05, 4.69) is 5.10 Å². The van der Waals surface area contributed by atoms with Crippen LogP contribution in [0.5, 0.6) is 0 Å². The van der Waals surface area contributed by atoms with Crippen molar-refractivity contribution in [1.82, 2.24) is 15.1 Å². The maximum atomic E-state index is 11.6. The Labute approximate surface area is 144 Å². The predicted octanol–water partition coefficient (Wildman–Crippen LogP) is 2.75. The first-order valence-electron chi connectivity index (χ1n) is 7.62. The first-order chi connectivity index (χ1) is 12.1. The van der Waals surface area contributed by atoms with E-state index in [0.29, 0.717) is 0 Å². The number of benzene rings is 2. The lowest BCUT2D eigenvalue weighted by Crippen LogP contribution is -2.33. The number of carbonyl (C=O) groups is 2. The van der Waals surface area contributed by atoms with Gasteiger partial charge in [0.25, 0.3) is 5.91 Å². The van der Waals surface area contributed by atoms with Crippen LogP contribution in [0.25, 0.3) is 23.0 Å². The smallest absolute Gasteiger partial charge is 0.319 e. The zero-order chi connectivity index (χ0) is 17.6. The third kappa shape index (κ3) is 4.00. The Morgan fingerprint density at radius 2 is 1.64 bits per heavy atom. The Bertz CT molecular complexity index is 915. The van der Waals surface area contributed by atoms with Gasteiger partial charge in [0.15, 0.2) is 0 Å². The van der Waals surface area contributed by atoms with Crippen molar-refractivity contribution >= 4 is 18.0 Å². The Hall–Kier alpha value is -3.67. The van der Waals surface area contributed by atoms with Crippen molar-refractivity contribution in [3.63, 3.8) is 0 Å². The molecule has 0 saturated heterocycles. The highest BCUT2D eigenvalue weighted by molar-refractivity contribution is 6.02. The van der Waals surface area contributed by atoms with Crippen LogP contribution in [0.3, 0.4) is 0 Å². The maximum Gasteiger partial charge on any atom is 0.319 e. The zero-order valence-electron chi connectivity index (χ0n) is 13.3. The molecule has 0 fully saturated rings. The fourth-order valence-electron chi connectivity index (χ4n) is 2.37. The summed E-state index contributed by atoms with van der Waals surface area (Å²) in [6.07, 6.45) is 4.68. The number of para-hydroxylation sites is 1. The van der Waals surface area contributed by atoms with Gasteiger partial charge in [-0.05, 0) is 18.2 Å². The molecule has 124 valence electrons. The van der Waals surface area contributed by atoms with Crippen LogP contribution in [0.1, 0.15) is 5.56 Å². The largest absolute Gasteiger partial charge is 0.351 e. The molecule has 0 spiro atoms. The monoisotopic (exact) mass is 332 g/mol. The Kier molecular flexibility index (Phi) is 4.71. The van der Waals surface area contributed by atoms with E-state index in [1.54, 1.807) is 10.8 Å². The lowest BCUT2D eigenvalue weighted by Gasteiger charge is -2.00. The standard InChI is InChI=1S/C19H16N4O2/c20-19(25)21-17(24)12-11-15-13-23(16-9-5-2-6-10-16)22-18(15)14-7-3-1-4-8-14/h1-13H,(H3,20,21,24,25)/b12-11+. The van der Waals surface area contributed by atoms with Crippen LogP contribution in [0, 0.1) is 0 Å². The molecule has 0 aliphatic heterocycles. The molecule has 3 N–H and O–H groups in total. The Morgan fingerprint density at radius 3 is 2.28 bits per heavy atom. The summed E-state index contributed by atoms with van der Waals surface area (Å²) in [5.41, 5.74) is 8.24. The second-order valence-electron chi connectivity index (χ2n) is 5.27. The van der Waals surface area contributed by atoms with Crippen LogP contribution in [-0.2, 0) is 4.79 Å². The number of aromatic nitrogens is 2. The van der Waals surface area contributed by atoms with Crippen molar-refractivity contribution in [1.29, 1.82) is 0 Å². The highest BCUT2D eigenvalue weighted by Gasteiger charge is 2.10. The number of imide groups is 1. The summed E-state index contributed by atoms with van der Waals surface area (Å²) in [4.78, 5) is 22.4. The molecule has 0 atom stereocenters. The van der Waals surface area contributed by atoms with Crippen molar-refractivity contribution in [3.8, 4) is 16.9 Å². The molecule has 25 heavy (non-hydrogen) atoms. The summed E-state index contributed by atoms with van der Waals surface area (Å²) in [5.74, 6) is -0.584. The third-order valence-electron chi connectivity index (χ3n) is 3.47. The summed E-state index contributed by atoms with van der Waals surface area (Å²) in [6, 6.07) is 18.4. The molecule has 1 aromatic heterocycles. The van der Waals surface area contributed by atoms with Crippen LogP contribution in [0.2, 0.25) is 0 Å². The minimum Gasteiger partial charge on any atom is -0.351 e. The minimum absolute atomic E-state index is 0.584. The van der Waals surface area contributed by atoms with Gasteiger partial charge in [-0.2, -0.15) is 5.10 Å². The maximum absolute atomic E-state index is 11.6. The number of primary amides is 1. The molecular weight excluding hydrogens is 316 g/mol. The van der Waals surface area contributed by atoms with E-state index in [9.17, 15) is 9.59 Å².